The Bertz CT molecular complexity index is 1500. The third-order valence-electron chi connectivity index (χ3n) is 7.70. The van der Waals surface area contributed by atoms with E-state index in [1.807, 2.05) is 93.0 Å². The van der Waals surface area contributed by atoms with Gasteiger partial charge in [0.15, 0.2) is 0 Å². The molecular weight excluding hydrogens is 480 g/mol. The van der Waals surface area contributed by atoms with Crippen LogP contribution < -0.4 is 0 Å². The van der Waals surface area contributed by atoms with E-state index in [1.165, 1.54) is 4.90 Å². The van der Waals surface area contributed by atoms with Crippen molar-refractivity contribution < 1.29 is 19.4 Å². The molecule has 1 aliphatic rings. The van der Waals surface area contributed by atoms with E-state index in [-0.39, 0.29) is 19.1 Å². The summed E-state index contributed by atoms with van der Waals surface area (Å²) >= 11 is 0. The number of rotatable bonds is 7. The summed E-state index contributed by atoms with van der Waals surface area (Å²) in [5, 5.41) is 18.7. The van der Waals surface area contributed by atoms with E-state index < -0.39 is 24.0 Å². The number of imide groups is 1. The number of benzene rings is 3. The Morgan fingerprint density at radius 3 is 2.61 bits per heavy atom. The summed E-state index contributed by atoms with van der Waals surface area (Å²) in [6, 6.07) is 18.9. The lowest BCUT2D eigenvalue weighted by Crippen LogP contribution is -2.40. The lowest BCUT2D eigenvalue weighted by Gasteiger charge is -2.30. The molecule has 1 fully saturated rings. The minimum Gasteiger partial charge on any atom is -0.446 e. The van der Waals surface area contributed by atoms with Crippen LogP contribution in [0.3, 0.4) is 0 Å². The Morgan fingerprint density at radius 1 is 1.13 bits per heavy atom. The first-order chi connectivity index (χ1) is 18.3. The third kappa shape index (κ3) is 4.35. The number of nitrogens with zero attached hydrogens (tertiary/aromatic N) is 4. The molecule has 8 nitrogen and oxygen atoms in total. The van der Waals surface area contributed by atoms with Gasteiger partial charge in [-0.2, -0.15) is 0 Å². The Hall–Kier alpha value is -4.04. The van der Waals surface area contributed by atoms with E-state index in [9.17, 15) is 14.7 Å². The van der Waals surface area contributed by atoms with Gasteiger partial charge in [0.05, 0.1) is 12.1 Å². The summed E-state index contributed by atoms with van der Waals surface area (Å²) in [4.78, 5) is 28.2. The second-order valence-corrected chi connectivity index (χ2v) is 9.87. The molecule has 4 aromatic rings. The number of hydrogen-bond donors (Lipinski definition) is 1. The Kier molecular flexibility index (Phi) is 6.99. The van der Waals surface area contributed by atoms with Crippen LogP contribution in [0.1, 0.15) is 59.2 Å². The van der Waals surface area contributed by atoms with Crippen LogP contribution in [0.25, 0.3) is 11.0 Å². The summed E-state index contributed by atoms with van der Waals surface area (Å²) in [5.41, 5.74) is 7.08. The number of aromatic nitrogens is 3. The Balaban J connectivity index is 1.62. The van der Waals surface area contributed by atoms with Gasteiger partial charge >= 0.3 is 6.09 Å². The number of carbonyl (C=O) groups excluding carboxylic acids is 2. The number of aryl methyl sites for hydroxylation is 3. The first-order valence-electron chi connectivity index (χ1n) is 12.9. The summed E-state index contributed by atoms with van der Waals surface area (Å²) in [7, 11) is 0. The molecule has 1 aliphatic heterocycles. The van der Waals surface area contributed by atoms with E-state index in [0.717, 1.165) is 44.4 Å². The second kappa shape index (κ2) is 10.4. The minimum atomic E-state index is -0.632. The molecule has 0 spiro atoms. The standard InChI is InChI=1S/C30H32N4O4/c1-5-33-25-14-13-24(19(3)28(25)31-32-33)27(22-12-11-18(2)23(15-22)16-35)20(4)29(36)34-26(17-38-30(34)37)21-9-7-6-8-10-21/h6-15,20,26-27,35H,5,16-17H2,1-4H3/t20-,26+,27?/m1/s1. The molecule has 3 atom stereocenters. The zero-order chi connectivity index (χ0) is 27.0. The Labute approximate surface area is 221 Å². The number of carbonyl (C=O) groups is 2. The molecule has 0 aliphatic carbocycles. The van der Waals surface area contributed by atoms with Crippen molar-refractivity contribution in [2.75, 3.05) is 6.61 Å². The molecule has 0 saturated carbocycles. The zero-order valence-electron chi connectivity index (χ0n) is 22.1. The molecule has 0 bridgehead atoms. The first kappa shape index (κ1) is 25.6. The average molecular weight is 513 g/mol. The highest BCUT2D eigenvalue weighted by molar-refractivity contribution is 5.95. The maximum atomic E-state index is 14.1. The smallest absolute Gasteiger partial charge is 0.417 e. The number of aliphatic hydroxyl groups excluding tert-OH is 1. The number of cyclic esters (lactones) is 1. The van der Waals surface area contributed by atoms with Crippen molar-refractivity contribution in [2.24, 2.45) is 5.92 Å². The van der Waals surface area contributed by atoms with Gasteiger partial charge in [0.25, 0.3) is 0 Å². The van der Waals surface area contributed by atoms with E-state index in [0.29, 0.717) is 6.54 Å². The normalized spacial score (nSPS) is 17.0. The summed E-state index contributed by atoms with van der Waals surface area (Å²) < 4.78 is 7.20. The van der Waals surface area contributed by atoms with Gasteiger partial charge in [-0.05, 0) is 60.2 Å². The van der Waals surface area contributed by atoms with Gasteiger partial charge < -0.3 is 9.84 Å². The molecule has 1 aromatic heterocycles. The molecule has 1 unspecified atom stereocenters. The van der Waals surface area contributed by atoms with Gasteiger partial charge in [0, 0.05) is 18.4 Å². The molecule has 2 amide bonds. The number of amides is 2. The molecular formula is C30H32N4O4. The van der Waals surface area contributed by atoms with Crippen molar-refractivity contribution in [1.82, 2.24) is 19.9 Å². The minimum absolute atomic E-state index is 0.105. The average Bonchev–Trinajstić information content (AvgIpc) is 3.54. The fourth-order valence-electron chi connectivity index (χ4n) is 5.49. The number of fused-ring (bicyclic) bond motifs is 1. The van der Waals surface area contributed by atoms with E-state index in [1.54, 1.807) is 0 Å². The summed E-state index contributed by atoms with van der Waals surface area (Å²) in [6.45, 7) is 8.53. The van der Waals surface area contributed by atoms with Crippen LogP contribution in [0.15, 0.2) is 60.7 Å². The molecule has 5 rings (SSSR count). The second-order valence-electron chi connectivity index (χ2n) is 9.87. The van der Waals surface area contributed by atoms with Crippen LogP contribution in [0.5, 0.6) is 0 Å². The predicted molar refractivity (Wildman–Crippen MR) is 143 cm³/mol. The fraction of sp³-hybridized carbons (Fsp3) is 0.333. The molecule has 1 saturated heterocycles. The van der Waals surface area contributed by atoms with Gasteiger partial charge in [-0.3, -0.25) is 4.79 Å². The van der Waals surface area contributed by atoms with Crippen molar-refractivity contribution >= 4 is 23.0 Å². The Morgan fingerprint density at radius 2 is 1.89 bits per heavy atom. The van der Waals surface area contributed by atoms with Crippen LogP contribution in [-0.2, 0) is 22.7 Å². The molecule has 2 heterocycles. The molecule has 196 valence electrons. The molecule has 3 aromatic carbocycles. The van der Waals surface area contributed by atoms with Gasteiger partial charge in [0.2, 0.25) is 5.91 Å². The first-order valence-corrected chi connectivity index (χ1v) is 12.9. The summed E-state index contributed by atoms with van der Waals surface area (Å²) in [6.07, 6.45) is -0.632. The molecule has 8 heteroatoms. The van der Waals surface area contributed by atoms with Crippen LogP contribution in [0, 0.1) is 19.8 Å². The van der Waals surface area contributed by atoms with E-state index in [2.05, 4.69) is 10.3 Å². The highest BCUT2D eigenvalue weighted by atomic mass is 16.6. The lowest BCUT2D eigenvalue weighted by molar-refractivity contribution is -0.133. The molecule has 1 N–H and O–H groups in total. The van der Waals surface area contributed by atoms with Crippen molar-refractivity contribution in [3.8, 4) is 0 Å². The summed E-state index contributed by atoms with van der Waals surface area (Å²) in [5.74, 6) is -1.32. The van der Waals surface area contributed by atoms with Gasteiger partial charge in [-0.1, -0.05) is 66.7 Å². The predicted octanol–water partition coefficient (Wildman–Crippen LogP) is 5.05. The fourth-order valence-corrected chi connectivity index (χ4v) is 5.49. The maximum Gasteiger partial charge on any atom is 0.417 e. The maximum absolute atomic E-state index is 14.1. The van der Waals surface area contributed by atoms with Crippen molar-refractivity contribution in [3.63, 3.8) is 0 Å². The highest BCUT2D eigenvalue weighted by Gasteiger charge is 2.43. The zero-order valence-corrected chi connectivity index (χ0v) is 22.1. The lowest BCUT2D eigenvalue weighted by atomic mass is 9.78. The molecule has 0 radical (unpaired) electrons. The van der Waals surface area contributed by atoms with Crippen molar-refractivity contribution in [1.29, 1.82) is 0 Å². The largest absolute Gasteiger partial charge is 0.446 e. The van der Waals surface area contributed by atoms with E-state index in [4.69, 9.17) is 4.74 Å². The van der Waals surface area contributed by atoms with Crippen molar-refractivity contribution in [3.05, 3.63) is 94.0 Å². The molecule has 38 heavy (non-hydrogen) atoms. The highest BCUT2D eigenvalue weighted by Crippen LogP contribution is 2.40. The van der Waals surface area contributed by atoms with Gasteiger partial charge in [-0.15, -0.1) is 5.10 Å². The quantitative estimate of drug-likeness (QED) is 0.372. The van der Waals surface area contributed by atoms with E-state index >= 15 is 0 Å². The van der Waals surface area contributed by atoms with Gasteiger partial charge in [-0.25, -0.2) is 14.4 Å². The van der Waals surface area contributed by atoms with Crippen LogP contribution in [-0.4, -0.2) is 43.6 Å². The number of ether oxygens (including phenoxy) is 1. The van der Waals surface area contributed by atoms with Crippen LogP contribution >= 0.6 is 0 Å². The van der Waals surface area contributed by atoms with Crippen LogP contribution in [0.2, 0.25) is 0 Å². The van der Waals surface area contributed by atoms with Gasteiger partial charge in [0.1, 0.15) is 18.2 Å². The van der Waals surface area contributed by atoms with Crippen LogP contribution in [0.4, 0.5) is 4.79 Å². The monoisotopic (exact) mass is 512 g/mol. The third-order valence-corrected chi connectivity index (χ3v) is 7.70. The number of aliphatic hydroxyl groups is 1. The topological polar surface area (TPSA) is 97.5 Å². The SMILES string of the molecule is CCn1nnc2c(C)c(C(c3ccc(C)c(CO)c3)[C@@H](C)C(=O)N3C(=O)OC[C@H]3c3ccccc3)ccc21. The van der Waals surface area contributed by atoms with Crippen molar-refractivity contribution in [2.45, 2.75) is 52.8 Å². The number of hydrogen-bond acceptors (Lipinski definition) is 6.